The number of carbonyl (C=O) groups is 2. The van der Waals surface area contributed by atoms with Crippen LogP contribution in [0.1, 0.15) is 43.8 Å². The summed E-state index contributed by atoms with van der Waals surface area (Å²) in [7, 11) is 0. The van der Waals surface area contributed by atoms with E-state index < -0.39 is 5.97 Å². The van der Waals surface area contributed by atoms with Gasteiger partial charge in [0.05, 0.1) is 5.56 Å². The molecular weight excluding hydrogens is 504 g/mol. The van der Waals surface area contributed by atoms with Crippen molar-refractivity contribution in [3.8, 4) is 22.6 Å². The highest BCUT2D eigenvalue weighted by Crippen LogP contribution is 2.32. The lowest BCUT2D eigenvalue weighted by Gasteiger charge is -2.32. The van der Waals surface area contributed by atoms with E-state index >= 15 is 0 Å². The molecule has 0 atom stereocenters. The molecule has 202 valence electrons. The fourth-order valence-electron chi connectivity index (χ4n) is 5.39. The van der Waals surface area contributed by atoms with Gasteiger partial charge >= 0.3 is 5.97 Å². The zero-order valence-electron chi connectivity index (χ0n) is 22.1. The van der Waals surface area contributed by atoms with Crippen molar-refractivity contribution in [3.63, 3.8) is 0 Å². The summed E-state index contributed by atoms with van der Waals surface area (Å²) >= 11 is 0. The molecule has 2 N–H and O–H groups in total. The molecule has 2 aliphatic heterocycles. The SMILES string of the molecule is O=C(NCc1ccc2c(c1)OCCO2)c1ccc2c(c1)CCCN2Cc1ccc(-c2ccccc2C(=O)O)cc1. The van der Waals surface area contributed by atoms with Crippen molar-refractivity contribution in [1.29, 1.82) is 0 Å². The minimum Gasteiger partial charge on any atom is -0.486 e. The zero-order valence-corrected chi connectivity index (χ0v) is 22.1. The number of carboxylic acid groups (broad SMARTS) is 1. The van der Waals surface area contributed by atoms with Crippen molar-refractivity contribution in [2.75, 3.05) is 24.7 Å². The lowest BCUT2D eigenvalue weighted by molar-refractivity contribution is 0.0697. The predicted octanol–water partition coefficient (Wildman–Crippen LogP) is 5.71. The number of carbonyl (C=O) groups excluding carboxylic acids is 1. The molecule has 6 rings (SSSR count). The number of rotatable bonds is 7. The number of anilines is 1. The molecule has 0 bridgehead atoms. The average Bonchev–Trinajstić information content (AvgIpc) is 3.00. The van der Waals surface area contributed by atoms with E-state index in [9.17, 15) is 14.7 Å². The van der Waals surface area contributed by atoms with Gasteiger partial charge in [-0.05, 0) is 77.1 Å². The average molecular weight is 535 g/mol. The maximum atomic E-state index is 13.0. The number of aromatic carboxylic acids is 1. The van der Waals surface area contributed by atoms with E-state index in [0.717, 1.165) is 54.1 Å². The monoisotopic (exact) mass is 534 g/mol. The summed E-state index contributed by atoms with van der Waals surface area (Å²) in [6.45, 7) is 3.16. The molecule has 2 aliphatic rings. The topological polar surface area (TPSA) is 88.1 Å². The Bertz CT molecular complexity index is 1560. The molecule has 0 radical (unpaired) electrons. The number of fused-ring (bicyclic) bond motifs is 2. The fraction of sp³-hybridized carbons (Fsp3) is 0.212. The summed E-state index contributed by atoms with van der Waals surface area (Å²) < 4.78 is 11.2. The van der Waals surface area contributed by atoms with Crippen LogP contribution in [0.2, 0.25) is 0 Å². The smallest absolute Gasteiger partial charge is 0.336 e. The Morgan fingerprint density at radius 3 is 2.45 bits per heavy atom. The Labute approximate surface area is 233 Å². The molecule has 4 aromatic carbocycles. The lowest BCUT2D eigenvalue weighted by atomic mass is 9.97. The predicted molar refractivity (Wildman–Crippen MR) is 153 cm³/mol. The van der Waals surface area contributed by atoms with E-state index in [2.05, 4.69) is 22.3 Å². The van der Waals surface area contributed by atoms with Crippen LogP contribution in [-0.2, 0) is 19.5 Å². The molecule has 0 aromatic heterocycles. The summed E-state index contributed by atoms with van der Waals surface area (Å²) in [5.41, 5.74) is 6.97. The fourth-order valence-corrected chi connectivity index (χ4v) is 5.39. The third kappa shape index (κ3) is 5.36. The van der Waals surface area contributed by atoms with Crippen LogP contribution >= 0.6 is 0 Å². The molecule has 0 fully saturated rings. The maximum Gasteiger partial charge on any atom is 0.336 e. The number of carboxylic acids is 1. The minimum absolute atomic E-state index is 0.105. The van der Waals surface area contributed by atoms with Crippen molar-refractivity contribution < 1.29 is 24.2 Å². The van der Waals surface area contributed by atoms with E-state index in [0.29, 0.717) is 42.2 Å². The van der Waals surface area contributed by atoms with Crippen molar-refractivity contribution in [1.82, 2.24) is 5.32 Å². The van der Waals surface area contributed by atoms with Gasteiger partial charge < -0.3 is 24.8 Å². The standard InChI is InChI=1S/C33H30N2O5/c36-32(34-20-23-9-14-30-31(18-23)40-17-16-39-30)26-12-13-29-25(19-26)4-3-15-35(29)21-22-7-10-24(11-8-22)27-5-1-2-6-28(27)33(37)38/h1-2,5-14,18-19H,3-4,15-17,20-21H2,(H,34,36)(H,37,38). The van der Waals surface area contributed by atoms with Gasteiger partial charge in [0, 0.05) is 30.9 Å². The van der Waals surface area contributed by atoms with E-state index in [4.69, 9.17) is 9.47 Å². The summed E-state index contributed by atoms with van der Waals surface area (Å²) in [6.07, 6.45) is 1.94. The van der Waals surface area contributed by atoms with Crippen LogP contribution in [-0.4, -0.2) is 36.7 Å². The third-order valence-corrected chi connectivity index (χ3v) is 7.41. The van der Waals surface area contributed by atoms with E-state index in [1.165, 1.54) is 5.56 Å². The maximum absolute atomic E-state index is 13.0. The molecule has 0 unspecified atom stereocenters. The number of nitrogens with one attached hydrogen (secondary N) is 1. The van der Waals surface area contributed by atoms with Gasteiger partial charge in [-0.3, -0.25) is 4.79 Å². The van der Waals surface area contributed by atoms with E-state index in [1.54, 1.807) is 12.1 Å². The number of ether oxygens (including phenoxy) is 2. The van der Waals surface area contributed by atoms with Crippen LogP contribution in [0, 0.1) is 0 Å². The second-order valence-corrected chi connectivity index (χ2v) is 10.1. The summed E-state index contributed by atoms with van der Waals surface area (Å²) in [4.78, 5) is 26.9. The van der Waals surface area contributed by atoms with Gasteiger partial charge in [-0.1, -0.05) is 48.5 Å². The summed E-state index contributed by atoms with van der Waals surface area (Å²) in [5, 5.41) is 12.5. The lowest BCUT2D eigenvalue weighted by Crippen LogP contribution is -2.29. The van der Waals surface area contributed by atoms with Crippen LogP contribution in [0.5, 0.6) is 11.5 Å². The van der Waals surface area contributed by atoms with E-state index in [-0.39, 0.29) is 5.91 Å². The van der Waals surface area contributed by atoms with Gasteiger partial charge in [0.2, 0.25) is 0 Å². The van der Waals surface area contributed by atoms with Crippen LogP contribution in [0.25, 0.3) is 11.1 Å². The van der Waals surface area contributed by atoms with Gasteiger partial charge in [0.15, 0.2) is 11.5 Å². The van der Waals surface area contributed by atoms with Crippen LogP contribution < -0.4 is 19.7 Å². The van der Waals surface area contributed by atoms with Gasteiger partial charge in [-0.15, -0.1) is 0 Å². The molecule has 0 saturated carbocycles. The zero-order chi connectivity index (χ0) is 27.5. The normalized spacial score (nSPS) is 13.8. The first kappa shape index (κ1) is 25.5. The number of aryl methyl sites for hydroxylation is 1. The molecule has 40 heavy (non-hydrogen) atoms. The van der Waals surface area contributed by atoms with Crippen molar-refractivity contribution in [3.05, 3.63) is 113 Å². The van der Waals surface area contributed by atoms with E-state index in [1.807, 2.05) is 60.7 Å². The van der Waals surface area contributed by atoms with Gasteiger partial charge in [-0.25, -0.2) is 4.79 Å². The largest absolute Gasteiger partial charge is 0.486 e. The molecule has 4 aromatic rings. The highest BCUT2D eigenvalue weighted by atomic mass is 16.6. The Morgan fingerprint density at radius 2 is 1.62 bits per heavy atom. The van der Waals surface area contributed by atoms with Gasteiger partial charge in [-0.2, -0.15) is 0 Å². The second kappa shape index (κ2) is 11.1. The number of amides is 1. The Balaban J connectivity index is 1.12. The molecule has 7 nitrogen and oxygen atoms in total. The second-order valence-electron chi connectivity index (χ2n) is 10.1. The first-order chi connectivity index (χ1) is 19.5. The number of hydrogen-bond donors (Lipinski definition) is 2. The molecule has 0 aliphatic carbocycles. The third-order valence-electron chi connectivity index (χ3n) is 7.41. The summed E-state index contributed by atoms with van der Waals surface area (Å²) in [6, 6.07) is 26.8. The first-order valence-electron chi connectivity index (χ1n) is 13.5. The molecule has 7 heteroatoms. The molecule has 2 heterocycles. The van der Waals surface area contributed by atoms with Crippen LogP contribution in [0.4, 0.5) is 5.69 Å². The number of benzene rings is 4. The Kier molecular flexibility index (Phi) is 7.10. The number of nitrogens with zero attached hydrogens (tertiary/aromatic N) is 1. The van der Waals surface area contributed by atoms with Crippen LogP contribution in [0.3, 0.4) is 0 Å². The van der Waals surface area contributed by atoms with Crippen LogP contribution in [0.15, 0.2) is 84.9 Å². The quantitative estimate of drug-likeness (QED) is 0.316. The Morgan fingerprint density at radius 1 is 0.850 bits per heavy atom. The van der Waals surface area contributed by atoms with Crippen molar-refractivity contribution in [2.45, 2.75) is 25.9 Å². The molecular formula is C33H30N2O5. The highest BCUT2D eigenvalue weighted by molar-refractivity contribution is 5.96. The number of hydrogen-bond acceptors (Lipinski definition) is 5. The first-order valence-corrected chi connectivity index (χ1v) is 13.5. The molecule has 0 saturated heterocycles. The van der Waals surface area contributed by atoms with Crippen molar-refractivity contribution >= 4 is 17.6 Å². The molecule has 0 spiro atoms. The van der Waals surface area contributed by atoms with Gasteiger partial charge in [0.1, 0.15) is 13.2 Å². The minimum atomic E-state index is -0.930. The van der Waals surface area contributed by atoms with Gasteiger partial charge in [0.25, 0.3) is 5.91 Å². The Hall–Kier alpha value is -4.78. The highest BCUT2D eigenvalue weighted by Gasteiger charge is 2.20. The molecule has 1 amide bonds. The van der Waals surface area contributed by atoms with Crippen molar-refractivity contribution in [2.24, 2.45) is 0 Å². The summed E-state index contributed by atoms with van der Waals surface area (Å²) in [5.74, 6) is 0.416.